The Labute approximate surface area is 233 Å². The first-order valence-electron chi connectivity index (χ1n) is 13.2. The van der Waals surface area contributed by atoms with Crippen molar-refractivity contribution in [3.63, 3.8) is 0 Å². The fraction of sp³-hybridized carbons (Fsp3) is 0.258. The van der Waals surface area contributed by atoms with E-state index in [0.717, 1.165) is 41.0 Å². The van der Waals surface area contributed by atoms with Crippen LogP contribution in [-0.4, -0.2) is 72.3 Å². The summed E-state index contributed by atoms with van der Waals surface area (Å²) >= 11 is 0. The van der Waals surface area contributed by atoms with E-state index >= 15 is 0 Å². The molecule has 0 unspecified atom stereocenters. The van der Waals surface area contributed by atoms with Gasteiger partial charge in [-0.05, 0) is 49.4 Å². The molecule has 5 rings (SSSR count). The topological polar surface area (TPSA) is 89.1 Å². The molecule has 3 aromatic carbocycles. The monoisotopic (exact) mass is 537 g/mol. The van der Waals surface area contributed by atoms with Gasteiger partial charge in [0.1, 0.15) is 17.9 Å². The Balaban J connectivity index is 1.27. The molecular weight excluding hydrogens is 506 g/mol. The molecule has 0 aliphatic carbocycles. The Bertz CT molecular complexity index is 1530. The predicted octanol–water partition coefficient (Wildman–Crippen LogP) is 5.30. The van der Waals surface area contributed by atoms with Crippen molar-refractivity contribution in [1.82, 2.24) is 19.8 Å². The van der Waals surface area contributed by atoms with Crippen LogP contribution in [0.1, 0.15) is 12.5 Å². The third kappa shape index (κ3) is 6.60. The highest BCUT2D eigenvalue weighted by molar-refractivity contribution is 5.91. The van der Waals surface area contributed by atoms with E-state index in [0.29, 0.717) is 43.6 Å². The van der Waals surface area contributed by atoms with Gasteiger partial charge in [0.15, 0.2) is 11.5 Å². The molecule has 40 heavy (non-hydrogen) atoms. The molecule has 9 nitrogen and oxygen atoms in total. The van der Waals surface area contributed by atoms with Crippen LogP contribution in [0, 0.1) is 11.8 Å². The Morgan fingerprint density at radius 1 is 0.975 bits per heavy atom. The van der Waals surface area contributed by atoms with Gasteiger partial charge in [0.2, 0.25) is 0 Å². The Morgan fingerprint density at radius 3 is 2.58 bits per heavy atom. The summed E-state index contributed by atoms with van der Waals surface area (Å²) in [6.07, 6.45) is 1.29. The highest BCUT2D eigenvalue weighted by atomic mass is 16.6. The molecule has 0 atom stereocenters. The summed E-state index contributed by atoms with van der Waals surface area (Å²) < 4.78 is 16.6. The van der Waals surface area contributed by atoms with Gasteiger partial charge in [-0.2, -0.15) is 0 Å². The summed E-state index contributed by atoms with van der Waals surface area (Å²) in [6, 6.07) is 21.1. The number of benzene rings is 3. The summed E-state index contributed by atoms with van der Waals surface area (Å²) in [7, 11) is 1.61. The average Bonchev–Trinajstić information content (AvgIpc) is 2.99. The molecular formula is C31H31N5O4. The summed E-state index contributed by atoms with van der Waals surface area (Å²) in [6.45, 7) is 5.67. The molecule has 1 N–H and O–H groups in total. The molecule has 1 saturated heterocycles. The van der Waals surface area contributed by atoms with Crippen molar-refractivity contribution in [3.05, 3.63) is 78.6 Å². The lowest BCUT2D eigenvalue weighted by Crippen LogP contribution is -2.48. The van der Waals surface area contributed by atoms with E-state index in [-0.39, 0.29) is 6.09 Å². The van der Waals surface area contributed by atoms with Gasteiger partial charge in [0.05, 0.1) is 25.8 Å². The molecule has 9 heteroatoms. The van der Waals surface area contributed by atoms with Gasteiger partial charge in [-0.1, -0.05) is 30.0 Å². The second-order valence-corrected chi connectivity index (χ2v) is 9.12. The quantitative estimate of drug-likeness (QED) is 0.318. The first-order chi connectivity index (χ1) is 19.6. The van der Waals surface area contributed by atoms with Crippen LogP contribution in [0.3, 0.4) is 0 Å². The Morgan fingerprint density at radius 2 is 1.80 bits per heavy atom. The van der Waals surface area contributed by atoms with Gasteiger partial charge < -0.3 is 24.4 Å². The molecule has 1 aliphatic heterocycles. The van der Waals surface area contributed by atoms with Crippen LogP contribution in [0.4, 0.5) is 16.3 Å². The Hall–Kier alpha value is -4.81. The van der Waals surface area contributed by atoms with E-state index in [2.05, 4.69) is 32.0 Å². The molecule has 0 bridgehead atoms. The Kier molecular flexibility index (Phi) is 8.59. The zero-order valence-electron chi connectivity index (χ0n) is 22.6. The van der Waals surface area contributed by atoms with Crippen LogP contribution >= 0.6 is 0 Å². The number of hydrogen-bond acceptors (Lipinski definition) is 8. The van der Waals surface area contributed by atoms with Crippen molar-refractivity contribution in [2.24, 2.45) is 0 Å². The number of ether oxygens (including phenoxy) is 3. The fourth-order valence-electron chi connectivity index (χ4n) is 4.37. The molecule has 1 aromatic heterocycles. The highest BCUT2D eigenvalue weighted by Gasteiger charge is 2.21. The fourth-order valence-corrected chi connectivity index (χ4v) is 4.37. The number of piperazine rings is 1. The van der Waals surface area contributed by atoms with Gasteiger partial charge in [0, 0.05) is 48.9 Å². The number of aromatic nitrogens is 2. The first kappa shape index (κ1) is 26.8. The number of fused-ring (bicyclic) bond motifs is 1. The van der Waals surface area contributed by atoms with Gasteiger partial charge >= 0.3 is 6.09 Å². The number of nitrogens with one attached hydrogen (secondary N) is 1. The number of anilines is 2. The predicted molar refractivity (Wildman–Crippen MR) is 154 cm³/mol. The molecule has 204 valence electrons. The zero-order valence-corrected chi connectivity index (χ0v) is 22.6. The number of hydrogen-bond donors (Lipinski definition) is 1. The number of carbonyl (C=O) groups excluding carboxylic acids is 1. The van der Waals surface area contributed by atoms with E-state index in [9.17, 15) is 4.79 Å². The first-order valence-corrected chi connectivity index (χ1v) is 13.2. The van der Waals surface area contributed by atoms with Crippen molar-refractivity contribution in [2.45, 2.75) is 6.92 Å². The van der Waals surface area contributed by atoms with Gasteiger partial charge in [-0.25, -0.2) is 14.8 Å². The van der Waals surface area contributed by atoms with E-state index < -0.39 is 0 Å². The lowest BCUT2D eigenvalue weighted by atomic mass is 10.1. The molecule has 0 radical (unpaired) electrons. The summed E-state index contributed by atoms with van der Waals surface area (Å²) in [4.78, 5) is 24.8. The van der Waals surface area contributed by atoms with Crippen LogP contribution in [0.15, 0.2) is 73.1 Å². The normalized spacial score (nSPS) is 13.3. The van der Waals surface area contributed by atoms with E-state index in [1.807, 2.05) is 73.7 Å². The lowest BCUT2D eigenvalue weighted by Gasteiger charge is -2.32. The SMILES string of the molecule is CCOC(=O)N1CCN(CC#Cc2ccc3ncnc(Nc4ccc(Oc5ccccc5)c(OC)c4)c3c2)CC1. The van der Waals surface area contributed by atoms with Crippen molar-refractivity contribution < 1.29 is 19.0 Å². The standard InChI is InChI=1S/C31H31N5O4/c1-3-39-31(37)36-18-16-35(17-19-36)15-7-8-23-11-13-27-26(20-23)30(33-22-32-27)34-24-12-14-28(29(21-24)38-2)40-25-9-5-4-6-10-25/h4-6,9-14,20-22H,3,15-19H2,1-2H3,(H,32,33,34). The third-order valence-corrected chi connectivity index (χ3v) is 6.47. The van der Waals surface area contributed by atoms with Crippen LogP contribution < -0.4 is 14.8 Å². The highest BCUT2D eigenvalue weighted by Crippen LogP contribution is 2.35. The van der Waals surface area contributed by atoms with E-state index in [4.69, 9.17) is 14.2 Å². The molecule has 1 amide bonds. The van der Waals surface area contributed by atoms with Crippen molar-refractivity contribution >= 4 is 28.5 Å². The van der Waals surface area contributed by atoms with Crippen LogP contribution in [-0.2, 0) is 4.74 Å². The minimum Gasteiger partial charge on any atom is -0.493 e. The molecule has 1 fully saturated rings. The zero-order chi connectivity index (χ0) is 27.7. The van der Waals surface area contributed by atoms with Crippen LogP contribution in [0.25, 0.3) is 10.9 Å². The van der Waals surface area contributed by atoms with E-state index in [1.54, 1.807) is 12.0 Å². The number of para-hydroxylation sites is 1. The maximum atomic E-state index is 11.9. The molecule has 1 aliphatic rings. The second-order valence-electron chi connectivity index (χ2n) is 9.12. The van der Waals surface area contributed by atoms with Gasteiger partial charge in [0.25, 0.3) is 0 Å². The van der Waals surface area contributed by atoms with Crippen LogP contribution in [0.5, 0.6) is 17.2 Å². The smallest absolute Gasteiger partial charge is 0.409 e. The lowest BCUT2D eigenvalue weighted by molar-refractivity contribution is 0.0829. The summed E-state index contributed by atoms with van der Waals surface area (Å²) in [5, 5.41) is 4.25. The number of rotatable bonds is 7. The van der Waals surface area contributed by atoms with Gasteiger partial charge in [-0.15, -0.1) is 0 Å². The summed E-state index contributed by atoms with van der Waals surface area (Å²) in [5.41, 5.74) is 2.49. The minimum absolute atomic E-state index is 0.245. The maximum absolute atomic E-state index is 11.9. The average molecular weight is 538 g/mol. The van der Waals surface area contributed by atoms with Crippen molar-refractivity contribution in [1.29, 1.82) is 0 Å². The number of methoxy groups -OCH3 is 1. The van der Waals surface area contributed by atoms with Crippen molar-refractivity contribution in [3.8, 4) is 29.1 Å². The van der Waals surface area contributed by atoms with E-state index in [1.165, 1.54) is 6.33 Å². The van der Waals surface area contributed by atoms with Crippen molar-refractivity contribution in [2.75, 3.05) is 51.8 Å². The molecule has 0 spiro atoms. The maximum Gasteiger partial charge on any atom is 0.409 e. The van der Waals surface area contributed by atoms with Gasteiger partial charge in [-0.3, -0.25) is 4.90 Å². The molecule has 0 saturated carbocycles. The molecule has 4 aromatic rings. The largest absolute Gasteiger partial charge is 0.493 e. The minimum atomic E-state index is -0.245. The summed E-state index contributed by atoms with van der Waals surface area (Å²) in [5.74, 6) is 9.14. The second kappa shape index (κ2) is 12.8. The number of carbonyl (C=O) groups is 1. The number of amides is 1. The molecule has 2 heterocycles. The van der Waals surface area contributed by atoms with Crippen LogP contribution in [0.2, 0.25) is 0 Å². The third-order valence-electron chi connectivity index (χ3n) is 6.47. The number of nitrogens with zero attached hydrogens (tertiary/aromatic N) is 4.